The maximum absolute atomic E-state index is 13.1. The number of carbonyl (C=O) groups is 1. The van der Waals surface area contributed by atoms with Gasteiger partial charge in [-0.05, 0) is 96.1 Å². The topological polar surface area (TPSA) is 111 Å². The molecule has 0 radical (unpaired) electrons. The highest BCUT2D eigenvalue weighted by Crippen LogP contribution is 2.47. The summed E-state index contributed by atoms with van der Waals surface area (Å²) in [6, 6.07) is 7.88. The summed E-state index contributed by atoms with van der Waals surface area (Å²) in [4.78, 5) is 24.0. The van der Waals surface area contributed by atoms with Crippen molar-refractivity contribution in [1.82, 2.24) is 14.9 Å². The van der Waals surface area contributed by atoms with E-state index in [-0.39, 0.29) is 34.4 Å². The molecule has 10 nitrogen and oxygen atoms in total. The van der Waals surface area contributed by atoms with Gasteiger partial charge >= 0.3 is 0 Å². The average molecular weight is 552 g/mol. The summed E-state index contributed by atoms with van der Waals surface area (Å²) < 4.78 is 23.2. The Balaban J connectivity index is 1.49. The molecule has 0 spiro atoms. The lowest BCUT2D eigenvalue weighted by atomic mass is 9.86. The van der Waals surface area contributed by atoms with Gasteiger partial charge in [-0.3, -0.25) is 4.79 Å². The Morgan fingerprint density at radius 1 is 1.00 bits per heavy atom. The number of nitrogens with zero attached hydrogens (tertiary/aromatic N) is 3. The lowest BCUT2D eigenvalue weighted by molar-refractivity contribution is -0.105. The number of furan rings is 1. The number of hydrogen-bond acceptors (Lipinski definition) is 9. The van der Waals surface area contributed by atoms with Crippen LogP contribution in [0.2, 0.25) is 0 Å². The van der Waals surface area contributed by atoms with E-state index in [1.54, 1.807) is 6.07 Å². The number of aromatic nitrogens is 2. The molecule has 0 fully saturated rings. The minimum Gasteiger partial charge on any atom is -0.479 e. The van der Waals surface area contributed by atoms with Gasteiger partial charge in [0.25, 0.3) is 5.91 Å². The van der Waals surface area contributed by atoms with Crippen molar-refractivity contribution in [1.29, 1.82) is 0 Å². The zero-order valence-electron chi connectivity index (χ0n) is 25.0. The molecule has 0 bridgehead atoms. The number of rotatable bonds is 11. The molecule has 1 amide bonds. The van der Waals surface area contributed by atoms with Crippen LogP contribution in [0.5, 0.6) is 11.8 Å². The van der Waals surface area contributed by atoms with Crippen LogP contribution in [0.15, 0.2) is 28.7 Å². The fourth-order valence-electron chi connectivity index (χ4n) is 5.14. The summed E-state index contributed by atoms with van der Waals surface area (Å²) in [5, 5.41) is 5.96. The first-order valence-electron chi connectivity index (χ1n) is 13.5. The lowest BCUT2D eigenvalue weighted by Gasteiger charge is -2.24. The predicted octanol–water partition coefficient (Wildman–Crippen LogP) is 5.10. The Kier molecular flexibility index (Phi) is 8.41. The van der Waals surface area contributed by atoms with Gasteiger partial charge in [0.2, 0.25) is 17.7 Å². The Labute approximate surface area is 236 Å². The van der Waals surface area contributed by atoms with Crippen molar-refractivity contribution < 1.29 is 23.4 Å². The molecule has 3 heterocycles. The summed E-state index contributed by atoms with van der Waals surface area (Å²) in [7, 11) is 6.99. The summed E-state index contributed by atoms with van der Waals surface area (Å²) in [6.07, 6.45) is 1.46. The second kappa shape index (κ2) is 11.5. The number of nitrogens with one attached hydrogen (secondary N) is 2. The van der Waals surface area contributed by atoms with E-state index in [0.717, 1.165) is 24.1 Å². The van der Waals surface area contributed by atoms with Crippen LogP contribution in [0.1, 0.15) is 72.7 Å². The molecule has 0 saturated heterocycles. The van der Waals surface area contributed by atoms with Gasteiger partial charge in [0, 0.05) is 13.0 Å². The van der Waals surface area contributed by atoms with Gasteiger partial charge in [-0.25, -0.2) is 0 Å². The Hall–Kier alpha value is -3.63. The number of aryl methyl sites for hydroxylation is 1. The number of benzene rings is 1. The minimum atomic E-state index is -0.458. The number of anilines is 2. The van der Waals surface area contributed by atoms with E-state index in [1.807, 2.05) is 20.2 Å². The Morgan fingerprint density at radius 3 is 2.23 bits per heavy atom. The molecule has 1 aliphatic rings. The Morgan fingerprint density at radius 2 is 1.62 bits per heavy atom. The third-order valence-corrected chi connectivity index (χ3v) is 7.07. The van der Waals surface area contributed by atoms with Gasteiger partial charge < -0.3 is 34.2 Å². The molecule has 1 aliphatic heterocycles. The van der Waals surface area contributed by atoms with Crippen LogP contribution in [-0.2, 0) is 22.4 Å². The van der Waals surface area contributed by atoms with Crippen molar-refractivity contribution in [3.8, 4) is 11.8 Å². The molecule has 0 aliphatic carbocycles. The number of ether oxygens (including phenoxy) is 3. The van der Waals surface area contributed by atoms with Crippen molar-refractivity contribution in [2.75, 3.05) is 52.0 Å². The van der Waals surface area contributed by atoms with Crippen molar-refractivity contribution in [3.63, 3.8) is 0 Å². The Bertz CT molecular complexity index is 1350. The normalized spacial score (nSPS) is 15.2. The monoisotopic (exact) mass is 551 g/mol. The van der Waals surface area contributed by atoms with Gasteiger partial charge in [0.1, 0.15) is 5.76 Å². The van der Waals surface area contributed by atoms with Crippen LogP contribution in [0, 0.1) is 6.92 Å². The molecular weight excluding hydrogens is 510 g/mol. The molecule has 0 atom stereocenters. The van der Waals surface area contributed by atoms with E-state index < -0.39 is 5.91 Å². The van der Waals surface area contributed by atoms with Crippen LogP contribution in [-0.4, -0.2) is 62.2 Å². The molecule has 10 heteroatoms. The van der Waals surface area contributed by atoms with Gasteiger partial charge in [0.05, 0.1) is 25.4 Å². The minimum absolute atomic E-state index is 0.161. The largest absolute Gasteiger partial charge is 0.479 e. The highest BCUT2D eigenvalue weighted by molar-refractivity contribution is 6.03. The molecule has 216 valence electrons. The van der Waals surface area contributed by atoms with Crippen molar-refractivity contribution in [2.24, 2.45) is 0 Å². The maximum atomic E-state index is 13.1. The molecule has 1 aromatic carbocycles. The van der Waals surface area contributed by atoms with Crippen LogP contribution >= 0.6 is 0 Å². The zero-order valence-corrected chi connectivity index (χ0v) is 25.0. The molecule has 2 N–H and O–H groups in total. The number of methoxy groups -OCH3 is 2. The number of fused-ring (bicyclic) bond motifs is 1. The second-order valence-electron chi connectivity index (χ2n) is 11.4. The molecule has 4 rings (SSSR count). The lowest BCUT2D eigenvalue weighted by Crippen LogP contribution is -2.22. The standard InChI is InChI=1S/C30H41N5O5/c1-18-15-21-22(30(4,5)40-29(21,2)3)17-19(18)16-20-11-12-23(39-20)25(36)32-24-26(37-8)33-28(34-27(24)38-9)31-13-10-14-35(6)7/h11-12,15,17H,10,13-14,16H2,1-9H3,(H,32,36)(H,31,33,34). The maximum Gasteiger partial charge on any atom is 0.291 e. The molecule has 0 unspecified atom stereocenters. The summed E-state index contributed by atoms with van der Waals surface area (Å²) >= 11 is 0. The molecule has 0 saturated carbocycles. The summed E-state index contributed by atoms with van der Waals surface area (Å²) in [5.74, 6) is 1.10. The summed E-state index contributed by atoms with van der Waals surface area (Å²) in [6.45, 7) is 12.1. The van der Waals surface area contributed by atoms with Gasteiger partial charge in [0.15, 0.2) is 11.4 Å². The summed E-state index contributed by atoms with van der Waals surface area (Å²) in [5.41, 5.74) is 4.16. The highest BCUT2D eigenvalue weighted by Gasteiger charge is 2.43. The van der Waals surface area contributed by atoms with Crippen LogP contribution in [0.3, 0.4) is 0 Å². The van der Waals surface area contributed by atoms with Crippen molar-refractivity contribution in [3.05, 3.63) is 58.0 Å². The molecule has 3 aromatic rings. The van der Waals surface area contributed by atoms with E-state index in [4.69, 9.17) is 18.6 Å². The van der Waals surface area contributed by atoms with Crippen LogP contribution in [0.4, 0.5) is 11.6 Å². The first-order chi connectivity index (χ1) is 18.8. The van der Waals surface area contributed by atoms with Crippen molar-refractivity contribution >= 4 is 17.5 Å². The van der Waals surface area contributed by atoms with Gasteiger partial charge in [-0.1, -0.05) is 12.1 Å². The third-order valence-electron chi connectivity index (χ3n) is 7.07. The second-order valence-corrected chi connectivity index (χ2v) is 11.4. The average Bonchev–Trinajstić information content (AvgIpc) is 3.42. The van der Waals surface area contributed by atoms with E-state index in [0.29, 0.717) is 24.7 Å². The molecule has 40 heavy (non-hydrogen) atoms. The SMILES string of the molecule is COc1nc(NCCCN(C)C)nc(OC)c1NC(=O)c1ccc(Cc2cc3c(cc2C)C(C)(C)OC3(C)C)o1. The zero-order chi connectivity index (χ0) is 29.2. The van der Waals surface area contributed by atoms with Crippen LogP contribution in [0.25, 0.3) is 0 Å². The molecular formula is C30H41N5O5. The number of amides is 1. The predicted molar refractivity (Wildman–Crippen MR) is 155 cm³/mol. The smallest absolute Gasteiger partial charge is 0.291 e. The van der Waals surface area contributed by atoms with Gasteiger partial charge in [-0.15, -0.1) is 0 Å². The van der Waals surface area contributed by atoms with Crippen molar-refractivity contribution in [2.45, 2.75) is 58.7 Å². The fourth-order valence-corrected chi connectivity index (χ4v) is 5.14. The van der Waals surface area contributed by atoms with Crippen LogP contribution < -0.4 is 20.1 Å². The van der Waals surface area contributed by atoms with E-state index in [9.17, 15) is 4.79 Å². The van der Waals surface area contributed by atoms with E-state index in [2.05, 4.69) is 72.3 Å². The van der Waals surface area contributed by atoms with Gasteiger partial charge in [-0.2, -0.15) is 9.97 Å². The quantitative estimate of drug-likeness (QED) is 0.314. The van der Waals surface area contributed by atoms with E-state index in [1.165, 1.54) is 25.3 Å². The number of hydrogen-bond donors (Lipinski definition) is 2. The first-order valence-corrected chi connectivity index (χ1v) is 13.5. The molecule has 2 aromatic heterocycles. The van der Waals surface area contributed by atoms with E-state index >= 15 is 0 Å². The number of carbonyl (C=O) groups excluding carboxylic acids is 1. The fraction of sp³-hybridized carbons (Fsp3) is 0.500. The third kappa shape index (κ3) is 6.23. The highest BCUT2D eigenvalue weighted by atomic mass is 16.5. The first kappa shape index (κ1) is 29.4.